The van der Waals surface area contributed by atoms with Crippen LogP contribution in [-0.2, 0) is 24.0 Å². The molecule has 1 aromatic carbocycles. The van der Waals surface area contributed by atoms with E-state index in [0.29, 0.717) is 11.3 Å². The number of aromatic nitrogens is 1. The lowest BCUT2D eigenvalue weighted by molar-refractivity contribution is -0.141. The van der Waals surface area contributed by atoms with Gasteiger partial charge >= 0.3 is 12.1 Å². The molecule has 0 amide bonds. The second-order valence-corrected chi connectivity index (χ2v) is 6.69. The van der Waals surface area contributed by atoms with Crippen molar-refractivity contribution in [3.63, 3.8) is 0 Å². The summed E-state index contributed by atoms with van der Waals surface area (Å²) in [5.74, 6) is -0.410. The zero-order chi connectivity index (χ0) is 18.9. The van der Waals surface area contributed by atoms with E-state index in [0.717, 1.165) is 21.7 Å². The van der Waals surface area contributed by atoms with Crippen LogP contribution in [0, 0.1) is 0 Å². The first-order chi connectivity index (χ1) is 12.2. The summed E-state index contributed by atoms with van der Waals surface area (Å²) < 4.78 is 44.2. The van der Waals surface area contributed by atoms with Gasteiger partial charge in [0, 0.05) is 10.3 Å². The van der Waals surface area contributed by atoms with Crippen LogP contribution in [0.5, 0.6) is 5.75 Å². The molecule has 9 heteroatoms. The van der Waals surface area contributed by atoms with Gasteiger partial charge in [0.25, 0.3) is 0 Å². The Morgan fingerprint density at radius 3 is 2.65 bits per heavy atom. The average molecular weight is 402 g/mol. The predicted molar refractivity (Wildman–Crippen MR) is 91.7 cm³/mol. The summed E-state index contributed by atoms with van der Waals surface area (Å²) in [5.41, 5.74) is -0.00578. The summed E-state index contributed by atoms with van der Waals surface area (Å²) in [6, 6.07) is 7.26. The molecule has 1 N–H and O–H groups in total. The molecule has 0 unspecified atom stereocenters. The predicted octanol–water partition coefficient (Wildman–Crippen LogP) is 5.17. The van der Waals surface area contributed by atoms with Crippen LogP contribution in [0.4, 0.5) is 13.2 Å². The number of pyridine rings is 1. The van der Waals surface area contributed by atoms with Crippen molar-refractivity contribution in [2.75, 3.05) is 0 Å². The number of hydrogen-bond donors (Lipinski definition) is 1. The molecule has 2 heterocycles. The first-order valence-electron chi connectivity index (χ1n) is 7.31. The van der Waals surface area contributed by atoms with Gasteiger partial charge in [0.05, 0.1) is 6.42 Å². The van der Waals surface area contributed by atoms with E-state index in [1.54, 1.807) is 23.6 Å². The molecule has 2 aromatic heterocycles. The van der Waals surface area contributed by atoms with E-state index < -0.39 is 17.8 Å². The maximum absolute atomic E-state index is 12.6. The number of nitrogens with zero attached hydrogens (tertiary/aromatic N) is 1. The normalized spacial score (nSPS) is 11.7. The van der Waals surface area contributed by atoms with E-state index in [2.05, 4.69) is 4.98 Å². The van der Waals surface area contributed by atoms with Crippen molar-refractivity contribution in [3.8, 4) is 5.75 Å². The summed E-state index contributed by atoms with van der Waals surface area (Å²) in [6.07, 6.45) is -4.62. The fourth-order valence-electron chi connectivity index (χ4n) is 2.34. The molecular formula is C17H11ClF3NO3S. The molecule has 0 spiro atoms. The van der Waals surface area contributed by atoms with E-state index in [1.807, 2.05) is 0 Å². The van der Waals surface area contributed by atoms with Crippen molar-refractivity contribution < 1.29 is 27.8 Å². The highest BCUT2D eigenvalue weighted by molar-refractivity contribution is 7.17. The van der Waals surface area contributed by atoms with E-state index in [9.17, 15) is 18.0 Å². The summed E-state index contributed by atoms with van der Waals surface area (Å²) in [6.45, 7) is -0.0389. The van der Waals surface area contributed by atoms with Crippen LogP contribution in [-0.4, -0.2) is 16.1 Å². The molecule has 0 atom stereocenters. The first-order valence-corrected chi connectivity index (χ1v) is 8.57. The Labute approximate surface area is 154 Å². The highest BCUT2D eigenvalue weighted by Gasteiger charge is 2.32. The number of hydrogen-bond acceptors (Lipinski definition) is 4. The number of aliphatic carboxylic acids is 1. The molecule has 0 saturated carbocycles. The second kappa shape index (κ2) is 7.13. The minimum atomic E-state index is -4.55. The molecular weight excluding hydrogens is 391 g/mol. The molecule has 3 aromatic rings. The van der Waals surface area contributed by atoms with Gasteiger partial charge < -0.3 is 9.84 Å². The monoisotopic (exact) mass is 401 g/mol. The maximum atomic E-state index is 12.6. The van der Waals surface area contributed by atoms with Crippen LogP contribution in [0.15, 0.2) is 35.7 Å². The van der Waals surface area contributed by atoms with Gasteiger partial charge in [0.1, 0.15) is 23.2 Å². The molecule has 0 aliphatic heterocycles. The molecule has 0 fully saturated rings. The molecule has 26 heavy (non-hydrogen) atoms. The fraction of sp³-hybridized carbons (Fsp3) is 0.176. The van der Waals surface area contributed by atoms with E-state index >= 15 is 0 Å². The third kappa shape index (κ3) is 4.08. The standard InChI is InChI=1S/C17H11ClF3NO3S/c18-16-9(1-4-14(22-16)17(19,20)21)7-25-11-2-3-12-10(5-15(23)24)8-26-13(12)6-11/h1-4,6,8H,5,7H2,(H,23,24). The summed E-state index contributed by atoms with van der Waals surface area (Å²) >= 11 is 7.20. The van der Waals surface area contributed by atoms with E-state index in [4.69, 9.17) is 21.4 Å². The van der Waals surface area contributed by atoms with Crippen LogP contribution >= 0.6 is 22.9 Å². The van der Waals surface area contributed by atoms with Gasteiger partial charge in [-0.3, -0.25) is 4.79 Å². The van der Waals surface area contributed by atoms with Crippen LogP contribution < -0.4 is 4.74 Å². The lowest BCUT2D eigenvalue weighted by atomic mass is 10.1. The van der Waals surface area contributed by atoms with Gasteiger partial charge in [-0.15, -0.1) is 11.3 Å². The van der Waals surface area contributed by atoms with Gasteiger partial charge in [-0.25, -0.2) is 4.98 Å². The second-order valence-electron chi connectivity index (χ2n) is 5.42. The van der Waals surface area contributed by atoms with Crippen molar-refractivity contribution in [3.05, 3.63) is 57.7 Å². The molecule has 0 saturated heterocycles. The Hall–Kier alpha value is -2.32. The number of carbonyl (C=O) groups is 1. The summed E-state index contributed by atoms with van der Waals surface area (Å²) in [7, 11) is 0. The zero-order valence-electron chi connectivity index (χ0n) is 13.0. The SMILES string of the molecule is O=C(O)Cc1csc2cc(OCc3ccc(C(F)(F)F)nc3Cl)ccc12. The van der Waals surface area contributed by atoms with Gasteiger partial charge in [-0.2, -0.15) is 13.2 Å². The van der Waals surface area contributed by atoms with Crippen LogP contribution in [0.3, 0.4) is 0 Å². The van der Waals surface area contributed by atoms with Crippen molar-refractivity contribution in [2.24, 2.45) is 0 Å². The van der Waals surface area contributed by atoms with Gasteiger partial charge in [-0.05, 0) is 40.6 Å². The molecule has 3 rings (SSSR count). The maximum Gasteiger partial charge on any atom is 0.433 e. The topological polar surface area (TPSA) is 59.4 Å². The Kier molecular flexibility index (Phi) is 5.06. The average Bonchev–Trinajstić information content (AvgIpc) is 2.94. The van der Waals surface area contributed by atoms with Crippen LogP contribution in [0.1, 0.15) is 16.8 Å². The quantitative estimate of drug-likeness (QED) is 0.599. The lowest BCUT2D eigenvalue weighted by Gasteiger charge is -2.10. The minimum Gasteiger partial charge on any atom is -0.489 e. The Bertz CT molecular complexity index is 972. The highest BCUT2D eigenvalue weighted by atomic mass is 35.5. The number of fused-ring (bicyclic) bond motifs is 1. The number of benzene rings is 1. The number of alkyl halides is 3. The van der Waals surface area contributed by atoms with Crippen molar-refractivity contribution in [1.29, 1.82) is 0 Å². The van der Waals surface area contributed by atoms with Crippen molar-refractivity contribution in [1.82, 2.24) is 4.98 Å². The lowest BCUT2D eigenvalue weighted by Crippen LogP contribution is -2.09. The number of rotatable bonds is 5. The third-order valence-electron chi connectivity index (χ3n) is 3.58. The minimum absolute atomic E-state index is 0.0389. The fourth-order valence-corrected chi connectivity index (χ4v) is 3.54. The van der Waals surface area contributed by atoms with E-state index in [-0.39, 0.29) is 18.2 Å². The molecule has 0 radical (unpaired) electrons. The number of halogens is 4. The Morgan fingerprint density at radius 1 is 1.23 bits per heavy atom. The molecule has 4 nitrogen and oxygen atoms in total. The zero-order valence-corrected chi connectivity index (χ0v) is 14.6. The number of carboxylic acid groups (broad SMARTS) is 1. The first kappa shape index (κ1) is 18.5. The summed E-state index contributed by atoms with van der Waals surface area (Å²) in [4.78, 5) is 14.2. The molecule has 0 bridgehead atoms. The van der Waals surface area contributed by atoms with Crippen LogP contribution in [0.25, 0.3) is 10.1 Å². The number of carboxylic acids is 1. The van der Waals surface area contributed by atoms with Crippen molar-refractivity contribution in [2.45, 2.75) is 19.2 Å². The van der Waals surface area contributed by atoms with Gasteiger partial charge in [-0.1, -0.05) is 17.7 Å². The Balaban J connectivity index is 1.75. The van der Waals surface area contributed by atoms with Crippen molar-refractivity contribution >= 4 is 39.0 Å². The largest absolute Gasteiger partial charge is 0.489 e. The Morgan fingerprint density at radius 2 is 2.00 bits per heavy atom. The van der Waals surface area contributed by atoms with Gasteiger partial charge in [0.15, 0.2) is 0 Å². The smallest absolute Gasteiger partial charge is 0.433 e. The van der Waals surface area contributed by atoms with Crippen LogP contribution in [0.2, 0.25) is 5.15 Å². The molecule has 0 aliphatic carbocycles. The molecule has 136 valence electrons. The number of thiophene rings is 1. The van der Waals surface area contributed by atoms with E-state index in [1.165, 1.54) is 17.4 Å². The highest BCUT2D eigenvalue weighted by Crippen LogP contribution is 2.32. The summed E-state index contributed by atoms with van der Waals surface area (Å²) in [5, 5.41) is 11.2. The van der Waals surface area contributed by atoms with Gasteiger partial charge in [0.2, 0.25) is 0 Å². The molecule has 0 aliphatic rings. The number of ether oxygens (including phenoxy) is 1. The third-order valence-corrected chi connectivity index (χ3v) is 4.90.